The van der Waals surface area contributed by atoms with Gasteiger partial charge in [-0.25, -0.2) is 8.42 Å². The van der Waals surface area contributed by atoms with Crippen LogP contribution in [0.15, 0.2) is 59.5 Å². The van der Waals surface area contributed by atoms with Gasteiger partial charge in [0.25, 0.3) is 5.91 Å². The van der Waals surface area contributed by atoms with E-state index in [-0.39, 0.29) is 4.90 Å². The van der Waals surface area contributed by atoms with Crippen LogP contribution in [0.1, 0.15) is 13.8 Å². The van der Waals surface area contributed by atoms with Crippen LogP contribution in [0.3, 0.4) is 0 Å². The summed E-state index contributed by atoms with van der Waals surface area (Å²) in [5, 5.41) is 2.87. The van der Waals surface area contributed by atoms with E-state index in [1.165, 1.54) is 12.1 Å². The van der Waals surface area contributed by atoms with Crippen LogP contribution in [-0.4, -0.2) is 32.9 Å². The molecule has 28 heavy (non-hydrogen) atoms. The van der Waals surface area contributed by atoms with Crippen LogP contribution in [-0.2, 0) is 24.3 Å². The first kappa shape index (κ1) is 21.9. The van der Waals surface area contributed by atoms with Gasteiger partial charge < -0.3 is 10.1 Å². The van der Waals surface area contributed by atoms with E-state index in [2.05, 4.69) is 10.0 Å². The van der Waals surface area contributed by atoms with Gasteiger partial charge in [0.05, 0.1) is 15.6 Å². The van der Waals surface area contributed by atoms with Crippen molar-refractivity contribution in [3.05, 3.63) is 59.6 Å². The number of hydrogen-bond acceptors (Lipinski definition) is 5. The van der Waals surface area contributed by atoms with Crippen LogP contribution in [0.5, 0.6) is 0 Å². The minimum absolute atomic E-state index is 0.0323. The van der Waals surface area contributed by atoms with Crippen molar-refractivity contribution in [2.24, 2.45) is 5.92 Å². The van der Waals surface area contributed by atoms with Gasteiger partial charge in [-0.2, -0.15) is 4.72 Å². The Bertz CT molecular complexity index is 932. The molecule has 0 aromatic heterocycles. The number of rotatable bonds is 8. The van der Waals surface area contributed by atoms with Gasteiger partial charge in [-0.1, -0.05) is 55.8 Å². The van der Waals surface area contributed by atoms with E-state index in [4.69, 9.17) is 16.3 Å². The van der Waals surface area contributed by atoms with Crippen LogP contribution in [0.4, 0.5) is 5.69 Å². The van der Waals surface area contributed by atoms with Crippen LogP contribution < -0.4 is 10.0 Å². The van der Waals surface area contributed by atoms with E-state index in [0.29, 0.717) is 10.7 Å². The van der Waals surface area contributed by atoms with Crippen molar-refractivity contribution < 1.29 is 22.7 Å². The molecule has 1 amide bonds. The Balaban J connectivity index is 1.99. The van der Waals surface area contributed by atoms with Crippen molar-refractivity contribution in [1.29, 1.82) is 0 Å². The normalized spacial score (nSPS) is 12.4. The Hall–Kier alpha value is -2.42. The Morgan fingerprint density at radius 1 is 1.04 bits per heavy atom. The smallest absolute Gasteiger partial charge is 0.324 e. The van der Waals surface area contributed by atoms with Gasteiger partial charge >= 0.3 is 5.97 Å². The van der Waals surface area contributed by atoms with Crippen molar-refractivity contribution in [3.63, 3.8) is 0 Å². The summed E-state index contributed by atoms with van der Waals surface area (Å²) in [7, 11) is -3.91. The number of hydrogen-bond donors (Lipinski definition) is 2. The number of esters is 1. The van der Waals surface area contributed by atoms with Crippen molar-refractivity contribution in [2.75, 3.05) is 11.9 Å². The summed E-state index contributed by atoms with van der Waals surface area (Å²) in [6.07, 6.45) is 0. The predicted molar refractivity (Wildman–Crippen MR) is 106 cm³/mol. The summed E-state index contributed by atoms with van der Waals surface area (Å²) in [4.78, 5) is 24.4. The lowest BCUT2D eigenvalue weighted by Gasteiger charge is -2.20. The minimum Gasteiger partial charge on any atom is -0.454 e. The van der Waals surface area contributed by atoms with Gasteiger partial charge in [-0.3, -0.25) is 9.59 Å². The molecule has 1 atom stereocenters. The number of halogens is 1. The Labute approximate surface area is 169 Å². The molecule has 0 spiro atoms. The van der Waals surface area contributed by atoms with Crippen molar-refractivity contribution in [3.8, 4) is 0 Å². The van der Waals surface area contributed by atoms with Crippen LogP contribution in [0, 0.1) is 5.92 Å². The van der Waals surface area contributed by atoms with Gasteiger partial charge in [0, 0.05) is 0 Å². The Kier molecular flexibility index (Phi) is 7.56. The summed E-state index contributed by atoms with van der Waals surface area (Å²) in [5.41, 5.74) is 0.385. The van der Waals surface area contributed by atoms with E-state index < -0.39 is 40.5 Å². The Morgan fingerprint density at radius 3 is 2.25 bits per heavy atom. The topological polar surface area (TPSA) is 102 Å². The zero-order valence-corrected chi connectivity index (χ0v) is 17.0. The number of anilines is 1. The lowest BCUT2D eigenvalue weighted by atomic mass is 10.1. The number of ether oxygens (including phenoxy) is 1. The molecule has 0 aliphatic carbocycles. The van der Waals surface area contributed by atoms with Gasteiger partial charge in [0.2, 0.25) is 10.0 Å². The molecule has 0 aliphatic heterocycles. The van der Waals surface area contributed by atoms with Crippen molar-refractivity contribution in [1.82, 2.24) is 4.72 Å². The maximum atomic E-state index is 12.5. The molecule has 0 fully saturated rings. The van der Waals surface area contributed by atoms with Gasteiger partial charge in [0.1, 0.15) is 6.04 Å². The molecule has 0 saturated carbocycles. The van der Waals surface area contributed by atoms with E-state index in [1.807, 2.05) is 0 Å². The fraction of sp³-hybridized carbons (Fsp3) is 0.263. The lowest BCUT2D eigenvalue weighted by molar-refractivity contribution is -0.150. The molecule has 150 valence electrons. The SMILES string of the molecule is CC(C)[C@@H](NS(=O)(=O)c1ccccc1)C(=O)OCC(=O)Nc1ccccc1Cl. The third-order valence-electron chi connectivity index (χ3n) is 3.75. The highest BCUT2D eigenvalue weighted by Gasteiger charge is 2.30. The standard InChI is InChI=1S/C19H21ClN2O5S/c1-13(2)18(22-28(25,26)14-8-4-3-5-9-14)19(24)27-12-17(23)21-16-11-7-6-10-15(16)20/h3-11,13,18,22H,12H2,1-2H3,(H,21,23)/t18-/m1/s1. The number of nitrogens with one attached hydrogen (secondary N) is 2. The molecule has 2 aromatic rings. The zero-order chi connectivity index (χ0) is 20.7. The molecule has 0 radical (unpaired) electrons. The van der Waals surface area contributed by atoms with Crippen molar-refractivity contribution >= 4 is 39.2 Å². The molecule has 0 bridgehead atoms. The molecular weight excluding hydrogens is 404 g/mol. The Morgan fingerprint density at radius 2 is 1.64 bits per heavy atom. The average molecular weight is 425 g/mol. The van der Waals surface area contributed by atoms with Crippen molar-refractivity contribution in [2.45, 2.75) is 24.8 Å². The van der Waals surface area contributed by atoms with Crippen LogP contribution in [0.2, 0.25) is 5.02 Å². The summed E-state index contributed by atoms with van der Waals surface area (Å²) >= 11 is 5.95. The number of amides is 1. The summed E-state index contributed by atoms with van der Waals surface area (Å²) in [5.74, 6) is -1.82. The molecule has 2 rings (SSSR count). The highest BCUT2D eigenvalue weighted by molar-refractivity contribution is 7.89. The van der Waals surface area contributed by atoms with Gasteiger partial charge in [-0.05, 0) is 30.2 Å². The molecule has 0 unspecified atom stereocenters. The predicted octanol–water partition coefficient (Wildman–Crippen LogP) is 2.82. The summed E-state index contributed by atoms with van der Waals surface area (Å²) in [6, 6.07) is 13.2. The second-order valence-corrected chi connectivity index (χ2v) is 8.41. The lowest BCUT2D eigenvalue weighted by Crippen LogP contribution is -2.45. The number of para-hydroxylation sites is 1. The quantitative estimate of drug-likeness (QED) is 0.634. The highest BCUT2D eigenvalue weighted by atomic mass is 35.5. The monoisotopic (exact) mass is 424 g/mol. The number of carbonyl (C=O) groups is 2. The third-order valence-corrected chi connectivity index (χ3v) is 5.54. The van der Waals surface area contributed by atoms with Gasteiger partial charge in [-0.15, -0.1) is 0 Å². The first-order valence-electron chi connectivity index (χ1n) is 8.49. The van der Waals surface area contributed by atoms with E-state index >= 15 is 0 Å². The molecule has 7 nitrogen and oxygen atoms in total. The number of carbonyl (C=O) groups excluding carboxylic acids is 2. The molecule has 9 heteroatoms. The largest absolute Gasteiger partial charge is 0.454 e. The second kappa shape index (κ2) is 9.68. The zero-order valence-electron chi connectivity index (χ0n) is 15.4. The van der Waals surface area contributed by atoms with E-state index in [1.54, 1.807) is 56.3 Å². The fourth-order valence-electron chi connectivity index (χ4n) is 2.27. The van der Waals surface area contributed by atoms with E-state index in [0.717, 1.165) is 0 Å². The van der Waals surface area contributed by atoms with E-state index in [9.17, 15) is 18.0 Å². The molecule has 2 aromatic carbocycles. The summed E-state index contributed by atoms with van der Waals surface area (Å²) < 4.78 is 32.2. The third kappa shape index (κ3) is 6.05. The summed E-state index contributed by atoms with van der Waals surface area (Å²) in [6.45, 7) is 2.77. The molecule has 0 saturated heterocycles. The number of benzene rings is 2. The molecule has 2 N–H and O–H groups in total. The number of sulfonamides is 1. The molecular formula is C19H21ClN2O5S. The average Bonchev–Trinajstić information content (AvgIpc) is 2.66. The minimum atomic E-state index is -3.91. The maximum Gasteiger partial charge on any atom is 0.324 e. The second-order valence-electron chi connectivity index (χ2n) is 6.29. The van der Waals surface area contributed by atoms with Gasteiger partial charge in [0.15, 0.2) is 6.61 Å². The maximum absolute atomic E-state index is 12.5. The first-order chi connectivity index (χ1) is 13.2. The van der Waals surface area contributed by atoms with Crippen LogP contribution >= 0.6 is 11.6 Å². The molecule has 0 aliphatic rings. The molecule has 0 heterocycles. The highest BCUT2D eigenvalue weighted by Crippen LogP contribution is 2.20. The fourth-order valence-corrected chi connectivity index (χ4v) is 3.80. The first-order valence-corrected chi connectivity index (χ1v) is 10.3. The van der Waals surface area contributed by atoms with Crippen LogP contribution in [0.25, 0.3) is 0 Å².